The monoisotopic (exact) mass is 1690 g/mol. The summed E-state index contributed by atoms with van der Waals surface area (Å²) < 4.78 is 80.4. The normalized spacial score (nSPS) is 26.6. The number of para-hydroxylation sites is 2. The van der Waals surface area contributed by atoms with Crippen molar-refractivity contribution in [3.8, 4) is 34.5 Å². The summed E-state index contributed by atoms with van der Waals surface area (Å²) >= 11 is 3.27. The minimum atomic E-state index is -4.14. The predicted molar refractivity (Wildman–Crippen MR) is 451 cm³/mol. The Bertz CT molecular complexity index is 4960. The van der Waals surface area contributed by atoms with E-state index in [9.17, 15) is 50.4 Å². The van der Waals surface area contributed by atoms with Gasteiger partial charge in [-0.1, -0.05) is 74.3 Å². The van der Waals surface area contributed by atoms with Crippen LogP contribution in [0.5, 0.6) is 12.0 Å². The molecule has 10 heterocycles. The first-order valence-corrected chi connectivity index (χ1v) is 46.3. The van der Waals surface area contributed by atoms with Crippen molar-refractivity contribution in [1.29, 1.82) is 0 Å². The SMILES string of the molecule is CC(C)n1c(O[C@@H]2C[C@H]3C(=O)C[C@]4(C(=O)NS(=O)(=O)N(C)C)C[C@H]4/C=C\CCCCC[C@H](N)C(=O)N3C2)nc2c(-c3csc(N4CCCCC4)n3)cccc21.CC(C)n1c(O[C@@H]2C[C@H]3C(=O)C[C@]4(C(=O)NS(=O)(=O)N(C)C)C[C@H]4/C=C\CCCCC[C@H](NC(=O)OC(C)(C)C)C(=O)N3C2)nc2c(-c3csc(N4CCCCC4)n3)cccc21. The number of hydrogen-bond donors (Lipinski definition) is 4. The van der Waals surface area contributed by atoms with Gasteiger partial charge in [0.1, 0.15) is 34.9 Å². The summed E-state index contributed by atoms with van der Waals surface area (Å²) in [5.41, 5.74) is 9.83. The van der Waals surface area contributed by atoms with Crippen LogP contribution in [0.25, 0.3) is 44.6 Å². The molecule has 34 heteroatoms. The van der Waals surface area contributed by atoms with Crippen molar-refractivity contribution >= 4 is 117 Å². The molecule has 0 bridgehead atoms. The van der Waals surface area contributed by atoms with E-state index in [1.165, 1.54) is 63.7 Å². The minimum absolute atomic E-state index is 0.0126. The van der Waals surface area contributed by atoms with Crippen LogP contribution < -0.4 is 39.8 Å². The molecule has 6 fully saturated rings. The number of piperidine rings is 2. The number of ketones is 2. The maximum atomic E-state index is 14.8. The van der Waals surface area contributed by atoms with Gasteiger partial charge in [0.25, 0.3) is 12.0 Å². The van der Waals surface area contributed by atoms with Crippen molar-refractivity contribution in [2.24, 2.45) is 28.4 Å². The first-order chi connectivity index (χ1) is 55.6. The molecule has 4 aromatic heterocycles. The van der Waals surface area contributed by atoms with Gasteiger partial charge in [-0.05, 0) is 162 Å². The molecule has 10 atom stereocenters. The molecule has 0 unspecified atom stereocenters. The molecule has 2 aliphatic carbocycles. The fourth-order valence-corrected chi connectivity index (χ4v) is 20.3. The number of carbonyl (C=O) groups is 7. The largest absolute Gasteiger partial charge is 0.459 e. The molecular weight excluding hydrogens is 1570 g/mol. The van der Waals surface area contributed by atoms with Crippen molar-refractivity contribution in [2.45, 2.75) is 244 Å². The van der Waals surface area contributed by atoms with E-state index in [1.807, 2.05) is 83.7 Å². The van der Waals surface area contributed by atoms with Crippen LogP contribution in [-0.2, 0) is 53.9 Å². The lowest BCUT2D eigenvalue weighted by Crippen LogP contribution is -2.53. The number of nitrogens with two attached hydrogens (primary N) is 1. The number of anilines is 2. The van der Waals surface area contributed by atoms with Crippen LogP contribution in [0, 0.1) is 22.7 Å². The Hall–Kier alpha value is -8.41. The molecule has 2 saturated carbocycles. The number of benzene rings is 2. The third kappa shape index (κ3) is 19.4. The zero-order chi connectivity index (χ0) is 83.6. The highest BCUT2D eigenvalue weighted by Crippen LogP contribution is 2.59. The van der Waals surface area contributed by atoms with Crippen molar-refractivity contribution < 1.29 is 64.6 Å². The van der Waals surface area contributed by atoms with Crippen molar-refractivity contribution in [1.82, 2.24) is 62.2 Å². The van der Waals surface area contributed by atoms with E-state index in [2.05, 4.69) is 49.2 Å². The molecule has 14 rings (SSSR count). The van der Waals surface area contributed by atoms with E-state index in [0.717, 1.165) is 141 Å². The van der Waals surface area contributed by atoms with Crippen LogP contribution in [0.1, 0.15) is 202 Å². The summed E-state index contributed by atoms with van der Waals surface area (Å²) in [7, 11) is -2.91. The lowest BCUT2D eigenvalue weighted by atomic mass is 9.91. The first-order valence-electron chi connectivity index (χ1n) is 41.7. The van der Waals surface area contributed by atoms with Crippen LogP contribution >= 0.6 is 22.7 Å². The maximum Gasteiger partial charge on any atom is 0.408 e. The average molecular weight is 1690 g/mol. The van der Waals surface area contributed by atoms with E-state index in [4.69, 9.17) is 39.9 Å². The van der Waals surface area contributed by atoms with Gasteiger partial charge in [-0.2, -0.15) is 35.4 Å². The van der Waals surface area contributed by atoms with Crippen molar-refractivity contribution in [3.05, 3.63) is 71.5 Å². The van der Waals surface area contributed by atoms with Crippen LogP contribution in [0.4, 0.5) is 15.1 Å². The summed E-state index contributed by atoms with van der Waals surface area (Å²) in [5, 5.41) is 8.95. The predicted octanol–water partition coefficient (Wildman–Crippen LogP) is 11.2. The highest BCUT2D eigenvalue weighted by Gasteiger charge is 2.63. The molecule has 2 aromatic carbocycles. The minimum Gasteiger partial charge on any atom is -0.459 e. The number of nitrogens with one attached hydrogen (secondary N) is 3. The van der Waals surface area contributed by atoms with E-state index < -0.39 is 103 Å². The zero-order valence-electron chi connectivity index (χ0n) is 69.3. The smallest absolute Gasteiger partial charge is 0.408 e. The Kier molecular flexibility index (Phi) is 26.5. The third-order valence-corrected chi connectivity index (χ3v) is 28.5. The molecule has 117 heavy (non-hydrogen) atoms. The standard InChI is InChI=1S/C44H62N8O8S2.C39H54N8O6S2/c1-28(2)52-34-20-16-18-31(33-27-61-41(45-33)50-21-14-11-15-22-50)37(34)47-40(52)59-30-23-35-36(53)25-44(39(55)48-62(57,58)49(6)7)24-29(44)17-12-9-8-10-13-19-32(38(54)51(35)26-30)46-42(56)60-43(3,4)5;1-25(2)47-31-17-13-15-28(30-24-54-38(41-30)45-18-11-8-12-19-45)34(31)42-37(47)53-27-20-32-33(48)22-39(36(50)43-55(51,52)44(3)4)21-26(39)14-9-6-5-7-10-16-29(40)35(49)46(32)23-27/h12,16-18,20,27-30,32,35H,8-11,13-15,19,21-26H2,1-7H3,(H,46,56)(H,48,55);9,13-15,17,24-27,29,32H,5-8,10-12,16,18-23,40H2,1-4H3,(H,43,50)/b17-12-;14-9-/t29-,30-,32+,35+,44-;26-,27-,29+,32+,39-/m11/s1. The van der Waals surface area contributed by atoms with Gasteiger partial charge in [0.15, 0.2) is 21.8 Å². The number of ether oxygens (including phenoxy) is 3. The topological polar surface area (TPSA) is 358 Å². The Balaban J connectivity index is 0.000000205. The molecule has 4 saturated heterocycles. The first kappa shape index (κ1) is 86.4. The number of allylic oxidation sites excluding steroid dienone is 4. The molecule has 5 amide bonds. The summed E-state index contributed by atoms with van der Waals surface area (Å²) in [4.78, 5) is 126. The van der Waals surface area contributed by atoms with Gasteiger partial charge < -0.3 is 44.9 Å². The van der Waals surface area contributed by atoms with E-state index in [0.29, 0.717) is 44.1 Å². The number of alkyl carbamates (subject to hydrolysis) is 1. The fourth-order valence-electron chi connectivity index (χ4n) is 17.3. The number of amides is 5. The van der Waals surface area contributed by atoms with E-state index >= 15 is 0 Å². The Labute approximate surface area is 694 Å². The lowest BCUT2D eigenvalue weighted by Gasteiger charge is -2.30. The van der Waals surface area contributed by atoms with Crippen molar-refractivity contribution in [2.75, 3.05) is 77.3 Å². The van der Waals surface area contributed by atoms with Gasteiger partial charge >= 0.3 is 26.5 Å². The molecule has 6 aromatic rings. The van der Waals surface area contributed by atoms with Crippen molar-refractivity contribution in [3.63, 3.8) is 0 Å². The van der Waals surface area contributed by atoms with Gasteiger partial charge in [-0.15, -0.1) is 22.7 Å². The molecule has 5 N–H and O–H groups in total. The number of aromatic nitrogens is 6. The lowest BCUT2D eigenvalue weighted by molar-refractivity contribution is -0.140. The quantitative estimate of drug-likeness (QED) is 0.0616. The molecule has 0 radical (unpaired) electrons. The van der Waals surface area contributed by atoms with Gasteiger partial charge in [-0.3, -0.25) is 37.9 Å². The molecular formula is C83H116N16O14S4. The number of nitrogens with zero attached hydrogens (tertiary/aromatic N) is 12. The number of hydrogen-bond acceptors (Lipinski definition) is 23. The Morgan fingerprint density at radius 1 is 0.573 bits per heavy atom. The summed E-state index contributed by atoms with van der Waals surface area (Å²) in [6.45, 7) is 17.6. The second-order valence-electron chi connectivity index (χ2n) is 34.7. The van der Waals surface area contributed by atoms with Crippen LogP contribution in [0.2, 0.25) is 0 Å². The highest BCUT2D eigenvalue weighted by atomic mass is 32.2. The van der Waals surface area contributed by atoms with Gasteiger partial charge in [-0.25, -0.2) is 24.2 Å². The molecule has 6 aliphatic heterocycles. The van der Waals surface area contributed by atoms with Gasteiger partial charge in [0.2, 0.25) is 23.6 Å². The third-order valence-electron chi connectivity index (χ3n) is 23.9. The van der Waals surface area contributed by atoms with Gasteiger partial charge in [0, 0.05) is 114 Å². The summed E-state index contributed by atoms with van der Waals surface area (Å²) in [6.07, 6.45) is 20.4. The Morgan fingerprint density at radius 3 is 1.41 bits per heavy atom. The second-order valence-corrected chi connectivity index (χ2v) is 40.2. The number of Topliss-reactive ketones (excluding diaryl/α,β-unsaturated/α-hetero) is 2. The molecule has 636 valence electrons. The van der Waals surface area contributed by atoms with E-state index in [1.54, 1.807) is 43.4 Å². The summed E-state index contributed by atoms with van der Waals surface area (Å²) in [6, 6.07) is 8.96. The fraction of sp³-hybridized carbons (Fsp3) is 0.627. The van der Waals surface area contributed by atoms with Gasteiger partial charge in [0.05, 0.1) is 64.5 Å². The Morgan fingerprint density at radius 2 is 0.991 bits per heavy atom. The number of thiazole rings is 2. The highest BCUT2D eigenvalue weighted by molar-refractivity contribution is 7.88. The average Bonchev–Trinajstić information content (AvgIpc) is 1.57. The number of carbonyl (C=O) groups excluding carboxylic acids is 7. The number of fused-ring (bicyclic) bond motifs is 6. The molecule has 0 spiro atoms. The van der Waals surface area contributed by atoms with Crippen LogP contribution in [0.15, 0.2) is 71.5 Å². The second kappa shape index (κ2) is 35.9. The summed E-state index contributed by atoms with van der Waals surface area (Å²) in [5.74, 6) is -3.61. The van der Waals surface area contributed by atoms with E-state index in [-0.39, 0.29) is 80.8 Å². The maximum absolute atomic E-state index is 14.8. The van der Waals surface area contributed by atoms with Crippen LogP contribution in [-0.4, -0.2) is 215 Å². The molecule has 8 aliphatic rings. The molecule has 30 nitrogen and oxygen atoms in total. The number of rotatable bonds is 17. The van der Waals surface area contributed by atoms with Crippen LogP contribution in [0.3, 0.4) is 0 Å². The number of imidazole rings is 2. The zero-order valence-corrected chi connectivity index (χ0v) is 72.6.